The van der Waals surface area contributed by atoms with E-state index in [0.29, 0.717) is 25.0 Å². The molecule has 2 rings (SSSR count). The number of aliphatic hydroxyl groups excluding tert-OH is 1. The highest BCUT2D eigenvalue weighted by Gasteiger charge is 2.41. The highest BCUT2D eigenvalue weighted by Crippen LogP contribution is 2.37. The van der Waals surface area contributed by atoms with Gasteiger partial charge >= 0.3 is 0 Å². The second-order valence-corrected chi connectivity index (χ2v) is 5.77. The fraction of sp³-hybridized carbons (Fsp3) is 0.692. The summed E-state index contributed by atoms with van der Waals surface area (Å²) >= 11 is 0. The molecular formula is C13H20N2O4. The molecule has 1 fully saturated rings. The van der Waals surface area contributed by atoms with E-state index in [2.05, 4.69) is 5.32 Å². The molecule has 1 saturated heterocycles. The predicted molar refractivity (Wildman–Crippen MR) is 67.5 cm³/mol. The Hall–Kier alpha value is -1.40. The molecule has 2 heterocycles. The average molecular weight is 268 g/mol. The summed E-state index contributed by atoms with van der Waals surface area (Å²) in [6, 6.07) is 0. The van der Waals surface area contributed by atoms with Crippen LogP contribution < -0.4 is 5.32 Å². The van der Waals surface area contributed by atoms with Crippen LogP contribution in [0.1, 0.15) is 33.6 Å². The SMILES string of the molecule is CC(=O)CC1(C)CO[C@@H](N2C=C(C)C(=O)NC2O)C1. The molecule has 106 valence electrons. The van der Waals surface area contributed by atoms with E-state index in [9.17, 15) is 14.7 Å². The Morgan fingerprint density at radius 2 is 2.37 bits per heavy atom. The Balaban J connectivity index is 2.08. The normalized spacial score (nSPS) is 35.1. The molecule has 0 aromatic carbocycles. The number of hydrogen-bond donors (Lipinski definition) is 2. The number of carbonyl (C=O) groups excluding carboxylic acids is 2. The number of ketones is 1. The van der Waals surface area contributed by atoms with Gasteiger partial charge in [0.1, 0.15) is 12.0 Å². The van der Waals surface area contributed by atoms with Crippen LogP contribution in [0.25, 0.3) is 0 Å². The molecule has 0 radical (unpaired) electrons. The molecule has 2 aliphatic heterocycles. The molecule has 6 heteroatoms. The van der Waals surface area contributed by atoms with Gasteiger partial charge in [0, 0.05) is 30.0 Å². The first-order chi connectivity index (χ1) is 8.81. The van der Waals surface area contributed by atoms with E-state index in [1.165, 1.54) is 0 Å². The number of rotatable bonds is 3. The molecule has 2 unspecified atom stereocenters. The summed E-state index contributed by atoms with van der Waals surface area (Å²) in [7, 11) is 0. The zero-order chi connectivity index (χ0) is 14.2. The molecule has 6 nitrogen and oxygen atoms in total. The minimum absolute atomic E-state index is 0.131. The number of Topliss-reactive ketones (excluding diaryl/α,β-unsaturated/α-hetero) is 1. The second-order valence-electron chi connectivity index (χ2n) is 5.77. The van der Waals surface area contributed by atoms with Crippen molar-refractivity contribution in [2.75, 3.05) is 6.61 Å². The monoisotopic (exact) mass is 268 g/mol. The van der Waals surface area contributed by atoms with E-state index in [1.807, 2.05) is 6.92 Å². The molecule has 19 heavy (non-hydrogen) atoms. The van der Waals surface area contributed by atoms with E-state index in [4.69, 9.17) is 4.74 Å². The van der Waals surface area contributed by atoms with Gasteiger partial charge in [0.2, 0.25) is 6.35 Å². The van der Waals surface area contributed by atoms with Crippen molar-refractivity contribution < 1.29 is 19.4 Å². The van der Waals surface area contributed by atoms with E-state index < -0.39 is 6.35 Å². The van der Waals surface area contributed by atoms with Crippen molar-refractivity contribution in [3.63, 3.8) is 0 Å². The number of carbonyl (C=O) groups is 2. The summed E-state index contributed by atoms with van der Waals surface area (Å²) in [5, 5.41) is 12.3. The standard InChI is InChI=1S/C13H20N2O4/c1-8-6-15(12(18)14-11(8)17)10-5-13(3,7-19-10)4-9(2)16/h6,10,12,18H,4-5,7H2,1-3H3,(H,14,17)/t10-,12?,13?/m1/s1. The second kappa shape index (κ2) is 4.94. The van der Waals surface area contributed by atoms with Gasteiger partial charge in [-0.2, -0.15) is 0 Å². The molecule has 0 aromatic rings. The van der Waals surface area contributed by atoms with Crippen molar-refractivity contribution in [3.05, 3.63) is 11.8 Å². The first-order valence-corrected chi connectivity index (χ1v) is 6.37. The van der Waals surface area contributed by atoms with Crippen LogP contribution in [0.2, 0.25) is 0 Å². The summed E-state index contributed by atoms with van der Waals surface area (Å²) in [5.41, 5.74) is 0.313. The third kappa shape index (κ3) is 2.96. The number of hydrogen-bond acceptors (Lipinski definition) is 5. The van der Waals surface area contributed by atoms with Crippen LogP contribution in [0, 0.1) is 5.41 Å². The Kier molecular flexibility index (Phi) is 3.64. The quantitative estimate of drug-likeness (QED) is 0.771. The van der Waals surface area contributed by atoms with Crippen molar-refractivity contribution in [1.82, 2.24) is 10.2 Å². The summed E-state index contributed by atoms with van der Waals surface area (Å²) in [4.78, 5) is 24.2. The number of nitrogens with one attached hydrogen (secondary N) is 1. The van der Waals surface area contributed by atoms with Crippen molar-refractivity contribution in [3.8, 4) is 0 Å². The molecule has 1 amide bonds. The number of nitrogens with zero attached hydrogens (tertiary/aromatic N) is 1. The van der Waals surface area contributed by atoms with E-state index in [1.54, 1.807) is 24.9 Å². The first-order valence-electron chi connectivity index (χ1n) is 6.37. The third-order valence-electron chi connectivity index (χ3n) is 3.54. The Bertz CT molecular complexity index is 434. The van der Waals surface area contributed by atoms with Crippen molar-refractivity contribution >= 4 is 11.7 Å². The number of ether oxygens (including phenoxy) is 1. The lowest BCUT2D eigenvalue weighted by Gasteiger charge is -2.35. The van der Waals surface area contributed by atoms with E-state index in [-0.39, 0.29) is 23.3 Å². The highest BCUT2D eigenvalue weighted by atomic mass is 16.5. The molecular weight excluding hydrogens is 248 g/mol. The molecule has 0 aromatic heterocycles. The minimum atomic E-state index is -1.08. The lowest BCUT2D eigenvalue weighted by atomic mass is 9.84. The molecule has 0 bridgehead atoms. The van der Waals surface area contributed by atoms with Crippen molar-refractivity contribution in [1.29, 1.82) is 0 Å². The van der Waals surface area contributed by atoms with Crippen LogP contribution in [0.4, 0.5) is 0 Å². The number of amides is 1. The largest absolute Gasteiger partial charge is 0.358 e. The van der Waals surface area contributed by atoms with Crippen molar-refractivity contribution in [2.24, 2.45) is 5.41 Å². The minimum Gasteiger partial charge on any atom is -0.358 e. The van der Waals surface area contributed by atoms with Gasteiger partial charge in [-0.1, -0.05) is 6.92 Å². The topological polar surface area (TPSA) is 78.9 Å². The van der Waals surface area contributed by atoms with E-state index >= 15 is 0 Å². The third-order valence-corrected chi connectivity index (χ3v) is 3.54. The lowest BCUT2D eigenvalue weighted by Crippen LogP contribution is -2.53. The van der Waals surface area contributed by atoms with Crippen LogP contribution >= 0.6 is 0 Å². The molecule has 0 saturated carbocycles. The van der Waals surface area contributed by atoms with E-state index in [0.717, 1.165) is 0 Å². The molecule has 2 aliphatic rings. The molecule has 0 spiro atoms. The Morgan fingerprint density at radius 3 is 3.00 bits per heavy atom. The lowest BCUT2D eigenvalue weighted by molar-refractivity contribution is -0.136. The zero-order valence-electron chi connectivity index (χ0n) is 11.5. The van der Waals surface area contributed by atoms with Crippen LogP contribution in [0.3, 0.4) is 0 Å². The Morgan fingerprint density at radius 1 is 1.68 bits per heavy atom. The molecule has 2 N–H and O–H groups in total. The highest BCUT2D eigenvalue weighted by molar-refractivity contribution is 5.93. The predicted octanol–water partition coefficient (Wildman–Crippen LogP) is 0.330. The smallest absolute Gasteiger partial charge is 0.251 e. The van der Waals surface area contributed by atoms with Gasteiger partial charge in [-0.05, 0) is 13.8 Å². The van der Waals surface area contributed by atoms with Gasteiger partial charge in [0.15, 0.2) is 0 Å². The van der Waals surface area contributed by atoms with Gasteiger partial charge in [0.25, 0.3) is 5.91 Å². The summed E-state index contributed by atoms with van der Waals surface area (Å²) < 4.78 is 5.68. The van der Waals surface area contributed by atoms with Crippen LogP contribution in [-0.2, 0) is 14.3 Å². The average Bonchev–Trinajstić information content (AvgIpc) is 2.64. The van der Waals surface area contributed by atoms with Crippen LogP contribution in [0.5, 0.6) is 0 Å². The molecule has 0 aliphatic carbocycles. The summed E-state index contributed by atoms with van der Waals surface area (Å²) in [6.45, 7) is 5.72. The van der Waals surface area contributed by atoms with Gasteiger partial charge in [-0.15, -0.1) is 0 Å². The fourth-order valence-corrected chi connectivity index (χ4v) is 2.65. The van der Waals surface area contributed by atoms with Crippen molar-refractivity contribution in [2.45, 2.75) is 46.2 Å². The Labute approximate surface area is 112 Å². The van der Waals surface area contributed by atoms with Crippen LogP contribution in [-0.4, -0.2) is 40.9 Å². The van der Waals surface area contributed by atoms with Gasteiger partial charge in [-0.25, -0.2) is 0 Å². The van der Waals surface area contributed by atoms with Gasteiger partial charge in [-0.3, -0.25) is 4.79 Å². The maximum atomic E-state index is 11.4. The van der Waals surface area contributed by atoms with Gasteiger partial charge < -0.3 is 24.9 Å². The number of aliphatic hydroxyl groups is 1. The first kappa shape index (κ1) is 14.0. The van der Waals surface area contributed by atoms with Crippen LogP contribution in [0.15, 0.2) is 11.8 Å². The maximum absolute atomic E-state index is 11.4. The zero-order valence-corrected chi connectivity index (χ0v) is 11.5. The van der Waals surface area contributed by atoms with Gasteiger partial charge in [0.05, 0.1) is 6.61 Å². The summed E-state index contributed by atoms with van der Waals surface area (Å²) in [6.07, 6.45) is 1.30. The fourth-order valence-electron chi connectivity index (χ4n) is 2.65. The molecule has 3 atom stereocenters. The summed E-state index contributed by atoms with van der Waals surface area (Å²) in [5.74, 6) is -0.154. The maximum Gasteiger partial charge on any atom is 0.251 e.